The van der Waals surface area contributed by atoms with Gasteiger partial charge in [-0.1, -0.05) is 6.42 Å². The van der Waals surface area contributed by atoms with Crippen molar-refractivity contribution < 1.29 is 22.8 Å². The average Bonchev–Trinajstić information content (AvgIpc) is 3.40. The third-order valence-electron chi connectivity index (χ3n) is 4.78. The highest BCUT2D eigenvalue weighted by molar-refractivity contribution is 5.86. The molecule has 154 valence electrons. The third kappa shape index (κ3) is 7.64. The van der Waals surface area contributed by atoms with E-state index in [4.69, 9.17) is 0 Å². The van der Waals surface area contributed by atoms with E-state index >= 15 is 0 Å². The topological polar surface area (TPSA) is 85.8 Å². The van der Waals surface area contributed by atoms with Gasteiger partial charge in [0.15, 0.2) is 5.96 Å². The maximum atomic E-state index is 12.3. The summed E-state index contributed by atoms with van der Waals surface area (Å²) in [6.07, 6.45) is 0.967. The lowest BCUT2D eigenvalue weighted by atomic mass is 9.85. The molecule has 3 N–H and O–H groups in total. The van der Waals surface area contributed by atoms with Crippen molar-refractivity contribution in [2.24, 2.45) is 10.9 Å². The minimum atomic E-state index is -4.43. The number of likely N-dealkylation sites (N-methyl/N-ethyl adjacent to an activating group) is 1. The Morgan fingerprint density at radius 3 is 2.41 bits per heavy atom. The molecule has 0 heterocycles. The highest BCUT2D eigenvalue weighted by atomic mass is 19.4. The molecule has 7 nitrogen and oxygen atoms in total. The zero-order valence-electron chi connectivity index (χ0n) is 15.7. The maximum absolute atomic E-state index is 12.3. The Balaban J connectivity index is 1.76. The molecule has 0 aromatic carbocycles. The molecule has 27 heavy (non-hydrogen) atoms. The van der Waals surface area contributed by atoms with Crippen LogP contribution in [0.5, 0.6) is 0 Å². The fraction of sp³-hybridized carbons (Fsp3) is 0.824. The van der Waals surface area contributed by atoms with E-state index in [2.05, 4.69) is 20.9 Å². The molecule has 0 aromatic rings. The standard InChI is InChI=1S/C17H28F3N5O2/c1-21-16(22-9-14(26)25(2)10-17(18,19)20)24-13-5-3-4-11(8-13)15(27)23-12-6-7-12/h11-13H,3-10H2,1-2H3,(H,23,27)(H2,21,22,24). The van der Waals surface area contributed by atoms with Crippen molar-refractivity contribution in [3.05, 3.63) is 0 Å². The number of amides is 2. The summed E-state index contributed by atoms with van der Waals surface area (Å²) in [7, 11) is 2.64. The van der Waals surface area contributed by atoms with Crippen LogP contribution < -0.4 is 16.0 Å². The van der Waals surface area contributed by atoms with Gasteiger partial charge in [-0.25, -0.2) is 0 Å². The van der Waals surface area contributed by atoms with Gasteiger partial charge in [-0.2, -0.15) is 13.2 Å². The molecule has 2 fully saturated rings. The second kappa shape index (κ2) is 9.27. The molecule has 2 unspecified atom stereocenters. The summed E-state index contributed by atoms with van der Waals surface area (Å²) >= 11 is 0. The molecular weight excluding hydrogens is 363 g/mol. The van der Waals surface area contributed by atoms with Gasteiger partial charge in [-0.05, 0) is 32.1 Å². The smallest absolute Gasteiger partial charge is 0.354 e. The number of halogens is 3. The lowest BCUT2D eigenvalue weighted by Crippen LogP contribution is -2.50. The summed E-state index contributed by atoms with van der Waals surface area (Å²) in [6.45, 7) is -1.58. The van der Waals surface area contributed by atoms with Crippen molar-refractivity contribution in [3.63, 3.8) is 0 Å². The van der Waals surface area contributed by atoms with E-state index in [1.54, 1.807) is 0 Å². The first-order chi connectivity index (χ1) is 12.7. The SMILES string of the molecule is CN=C(NCC(=O)N(C)CC(F)(F)F)NC1CCCC(C(=O)NC2CC2)C1. The van der Waals surface area contributed by atoms with Crippen LogP contribution >= 0.6 is 0 Å². The Hall–Kier alpha value is -2.00. The van der Waals surface area contributed by atoms with Gasteiger partial charge in [0.1, 0.15) is 6.54 Å². The van der Waals surface area contributed by atoms with E-state index in [-0.39, 0.29) is 24.4 Å². The number of alkyl halides is 3. The summed E-state index contributed by atoms with van der Waals surface area (Å²) < 4.78 is 37.0. The number of hydrogen-bond acceptors (Lipinski definition) is 3. The van der Waals surface area contributed by atoms with E-state index < -0.39 is 18.6 Å². The van der Waals surface area contributed by atoms with Crippen molar-refractivity contribution in [2.75, 3.05) is 27.2 Å². The predicted octanol–water partition coefficient (Wildman–Crippen LogP) is 1.01. The van der Waals surface area contributed by atoms with Gasteiger partial charge in [-0.15, -0.1) is 0 Å². The van der Waals surface area contributed by atoms with Crippen LogP contribution in [0.4, 0.5) is 13.2 Å². The summed E-state index contributed by atoms with van der Waals surface area (Å²) in [5.74, 6) is -0.289. The number of aliphatic imine (C=N–C) groups is 1. The van der Waals surface area contributed by atoms with Crippen molar-refractivity contribution in [1.82, 2.24) is 20.9 Å². The molecule has 0 aromatic heterocycles. The van der Waals surface area contributed by atoms with Crippen LogP contribution in [0.15, 0.2) is 4.99 Å². The molecular formula is C17H28F3N5O2. The molecule has 0 bridgehead atoms. The van der Waals surface area contributed by atoms with Gasteiger partial charge in [0, 0.05) is 32.1 Å². The number of rotatable bonds is 6. The Morgan fingerprint density at radius 2 is 1.81 bits per heavy atom. The summed E-state index contributed by atoms with van der Waals surface area (Å²) in [5.41, 5.74) is 0. The third-order valence-corrected chi connectivity index (χ3v) is 4.78. The highest BCUT2D eigenvalue weighted by Crippen LogP contribution is 2.26. The average molecular weight is 391 g/mol. The summed E-state index contributed by atoms with van der Waals surface area (Å²) in [5, 5.41) is 8.95. The monoisotopic (exact) mass is 391 g/mol. The van der Waals surface area contributed by atoms with E-state index in [0.717, 1.165) is 39.2 Å². The normalized spacial score (nSPS) is 23.5. The van der Waals surface area contributed by atoms with Crippen molar-refractivity contribution in [3.8, 4) is 0 Å². The van der Waals surface area contributed by atoms with Crippen LogP contribution in [-0.4, -0.2) is 68.1 Å². The molecule has 10 heteroatoms. The van der Waals surface area contributed by atoms with Crippen LogP contribution in [0.3, 0.4) is 0 Å². The lowest BCUT2D eigenvalue weighted by Gasteiger charge is -2.30. The molecule has 0 aliphatic heterocycles. The molecule has 0 saturated heterocycles. The fourth-order valence-electron chi connectivity index (χ4n) is 3.15. The van der Waals surface area contributed by atoms with Gasteiger partial charge in [0.05, 0.1) is 6.54 Å². The van der Waals surface area contributed by atoms with Gasteiger partial charge in [-0.3, -0.25) is 14.6 Å². The fourth-order valence-corrected chi connectivity index (χ4v) is 3.15. The van der Waals surface area contributed by atoms with Crippen LogP contribution in [-0.2, 0) is 9.59 Å². The van der Waals surface area contributed by atoms with E-state index in [9.17, 15) is 22.8 Å². The van der Waals surface area contributed by atoms with Crippen LogP contribution in [0.1, 0.15) is 38.5 Å². The van der Waals surface area contributed by atoms with E-state index in [0.29, 0.717) is 23.3 Å². The molecule has 0 spiro atoms. The Kier molecular flexibility index (Phi) is 7.32. The second-order valence-electron chi connectivity index (χ2n) is 7.28. The predicted molar refractivity (Wildman–Crippen MR) is 95.1 cm³/mol. The minimum Gasteiger partial charge on any atom is -0.354 e. The van der Waals surface area contributed by atoms with E-state index in [1.165, 1.54) is 7.05 Å². The number of hydrogen-bond donors (Lipinski definition) is 3. The first-order valence-electron chi connectivity index (χ1n) is 9.26. The molecule has 2 rings (SSSR count). The first kappa shape index (κ1) is 21.3. The molecule has 0 radical (unpaired) electrons. The van der Waals surface area contributed by atoms with Gasteiger partial charge >= 0.3 is 6.18 Å². The van der Waals surface area contributed by atoms with Crippen LogP contribution in [0, 0.1) is 5.92 Å². The Labute approximate surface area is 157 Å². The number of carbonyl (C=O) groups excluding carboxylic acids is 2. The van der Waals surface area contributed by atoms with Crippen molar-refractivity contribution in [1.29, 1.82) is 0 Å². The lowest BCUT2D eigenvalue weighted by molar-refractivity contribution is -0.157. The van der Waals surface area contributed by atoms with Crippen LogP contribution in [0.2, 0.25) is 0 Å². The van der Waals surface area contributed by atoms with Gasteiger partial charge in [0.2, 0.25) is 11.8 Å². The van der Waals surface area contributed by atoms with Gasteiger partial charge < -0.3 is 20.9 Å². The number of nitrogens with zero attached hydrogens (tertiary/aromatic N) is 2. The minimum absolute atomic E-state index is 0.0305. The number of nitrogens with one attached hydrogen (secondary N) is 3. The number of guanidine groups is 1. The van der Waals surface area contributed by atoms with E-state index in [1.807, 2.05) is 0 Å². The van der Waals surface area contributed by atoms with Crippen molar-refractivity contribution >= 4 is 17.8 Å². The molecule has 2 saturated carbocycles. The largest absolute Gasteiger partial charge is 0.406 e. The zero-order chi connectivity index (χ0) is 20.0. The Bertz CT molecular complexity index is 563. The van der Waals surface area contributed by atoms with Crippen molar-refractivity contribution in [2.45, 2.75) is 56.8 Å². The Morgan fingerprint density at radius 1 is 1.11 bits per heavy atom. The summed E-state index contributed by atoms with van der Waals surface area (Å²) in [6, 6.07) is 0.364. The molecule has 2 aliphatic rings. The maximum Gasteiger partial charge on any atom is 0.406 e. The molecule has 2 amide bonds. The zero-order valence-corrected chi connectivity index (χ0v) is 15.7. The summed E-state index contributed by atoms with van der Waals surface area (Å²) in [4.78, 5) is 28.7. The quantitative estimate of drug-likeness (QED) is 0.466. The highest BCUT2D eigenvalue weighted by Gasteiger charge is 2.32. The van der Waals surface area contributed by atoms with Crippen LogP contribution in [0.25, 0.3) is 0 Å². The van der Waals surface area contributed by atoms with Gasteiger partial charge in [0.25, 0.3) is 0 Å². The number of carbonyl (C=O) groups is 2. The molecule has 2 atom stereocenters. The molecule has 2 aliphatic carbocycles. The first-order valence-corrected chi connectivity index (χ1v) is 9.26. The second-order valence-corrected chi connectivity index (χ2v) is 7.28.